The van der Waals surface area contributed by atoms with Crippen LogP contribution in [0.2, 0.25) is 0 Å². The average molecular weight is 272 g/mol. The first-order valence-electron chi connectivity index (χ1n) is 5.76. The molecule has 1 heterocycles. The summed E-state index contributed by atoms with van der Waals surface area (Å²) in [5, 5.41) is 13.3. The fourth-order valence-electron chi connectivity index (χ4n) is 1.67. The van der Waals surface area contributed by atoms with Crippen molar-refractivity contribution in [2.24, 2.45) is 0 Å². The number of rotatable bonds is 3. The lowest BCUT2D eigenvalue weighted by Crippen LogP contribution is -2.13. The summed E-state index contributed by atoms with van der Waals surface area (Å²) in [4.78, 5) is 26.1. The van der Waals surface area contributed by atoms with E-state index in [1.54, 1.807) is 25.3 Å². The number of nitrogen functional groups attached to an aromatic ring is 1. The van der Waals surface area contributed by atoms with E-state index in [2.05, 4.69) is 10.3 Å². The van der Waals surface area contributed by atoms with Gasteiger partial charge in [-0.2, -0.15) is 0 Å². The molecule has 1 aromatic heterocycles. The summed E-state index contributed by atoms with van der Waals surface area (Å²) >= 11 is 0. The standard InChI is InChI=1S/C13H12N4O3/c1-8-11(3-2-6-15-8)16-13(18)9-4-5-12(17(19)20)10(14)7-9/h2-7H,14H2,1H3,(H,16,18). The van der Waals surface area contributed by atoms with Gasteiger partial charge in [-0.3, -0.25) is 19.9 Å². The number of aryl methyl sites for hydroxylation is 1. The molecule has 0 fully saturated rings. The largest absolute Gasteiger partial charge is 0.393 e. The van der Waals surface area contributed by atoms with Crippen LogP contribution in [0.1, 0.15) is 16.1 Å². The van der Waals surface area contributed by atoms with Crippen molar-refractivity contribution >= 4 is 23.0 Å². The number of amides is 1. The van der Waals surface area contributed by atoms with Crippen LogP contribution in [0.5, 0.6) is 0 Å². The molecule has 0 saturated carbocycles. The number of nitro groups is 1. The van der Waals surface area contributed by atoms with Crippen molar-refractivity contribution in [1.29, 1.82) is 0 Å². The lowest BCUT2D eigenvalue weighted by Gasteiger charge is -2.07. The quantitative estimate of drug-likeness (QED) is 0.505. The van der Waals surface area contributed by atoms with Crippen LogP contribution in [0.25, 0.3) is 0 Å². The highest BCUT2D eigenvalue weighted by Gasteiger charge is 2.15. The summed E-state index contributed by atoms with van der Waals surface area (Å²) < 4.78 is 0. The molecule has 7 heteroatoms. The number of pyridine rings is 1. The Morgan fingerprint density at radius 2 is 2.15 bits per heavy atom. The highest BCUT2D eigenvalue weighted by Crippen LogP contribution is 2.22. The fourth-order valence-corrected chi connectivity index (χ4v) is 1.67. The Morgan fingerprint density at radius 1 is 1.40 bits per heavy atom. The third-order valence-electron chi connectivity index (χ3n) is 2.74. The third kappa shape index (κ3) is 2.72. The topological polar surface area (TPSA) is 111 Å². The van der Waals surface area contributed by atoms with Crippen molar-refractivity contribution in [3.05, 3.63) is 57.9 Å². The van der Waals surface area contributed by atoms with Crippen LogP contribution in [0, 0.1) is 17.0 Å². The molecule has 2 aromatic rings. The molecule has 0 radical (unpaired) electrons. The second-order valence-corrected chi connectivity index (χ2v) is 4.12. The number of nitrogens with zero attached hydrogens (tertiary/aromatic N) is 2. The molecule has 0 bridgehead atoms. The Bertz CT molecular complexity index is 685. The molecule has 102 valence electrons. The minimum Gasteiger partial charge on any atom is -0.393 e. The normalized spacial score (nSPS) is 10.1. The molecular formula is C13H12N4O3. The highest BCUT2D eigenvalue weighted by molar-refractivity contribution is 6.05. The van der Waals surface area contributed by atoms with E-state index in [1.807, 2.05) is 0 Å². The van der Waals surface area contributed by atoms with E-state index in [0.29, 0.717) is 11.4 Å². The first kappa shape index (κ1) is 13.5. The maximum Gasteiger partial charge on any atom is 0.292 e. The van der Waals surface area contributed by atoms with Gasteiger partial charge in [0.05, 0.1) is 16.3 Å². The lowest BCUT2D eigenvalue weighted by atomic mass is 10.1. The van der Waals surface area contributed by atoms with Crippen molar-refractivity contribution in [3.63, 3.8) is 0 Å². The van der Waals surface area contributed by atoms with E-state index in [1.165, 1.54) is 18.2 Å². The number of nitrogens with one attached hydrogen (secondary N) is 1. The first-order chi connectivity index (χ1) is 9.49. The molecule has 20 heavy (non-hydrogen) atoms. The SMILES string of the molecule is Cc1ncccc1NC(=O)c1ccc([N+](=O)[O-])c(N)c1. The third-order valence-corrected chi connectivity index (χ3v) is 2.74. The number of hydrogen-bond donors (Lipinski definition) is 2. The van der Waals surface area contributed by atoms with Gasteiger partial charge in [0.2, 0.25) is 0 Å². The maximum atomic E-state index is 12.0. The van der Waals surface area contributed by atoms with Gasteiger partial charge >= 0.3 is 0 Å². The summed E-state index contributed by atoms with van der Waals surface area (Å²) in [5.74, 6) is -0.400. The molecule has 0 spiro atoms. The van der Waals surface area contributed by atoms with Crippen molar-refractivity contribution in [2.75, 3.05) is 11.1 Å². The number of anilines is 2. The number of benzene rings is 1. The van der Waals surface area contributed by atoms with Gasteiger partial charge in [-0.05, 0) is 31.2 Å². The number of hydrogen-bond acceptors (Lipinski definition) is 5. The minimum atomic E-state index is -0.595. The van der Waals surface area contributed by atoms with Crippen LogP contribution in [0.4, 0.5) is 17.1 Å². The number of nitrogens with two attached hydrogens (primary N) is 1. The molecule has 3 N–H and O–H groups in total. The summed E-state index contributed by atoms with van der Waals surface area (Å²) in [6.07, 6.45) is 1.62. The number of carbonyl (C=O) groups is 1. The van der Waals surface area contributed by atoms with Crippen molar-refractivity contribution in [1.82, 2.24) is 4.98 Å². The molecule has 0 unspecified atom stereocenters. The van der Waals surface area contributed by atoms with E-state index in [4.69, 9.17) is 5.73 Å². The summed E-state index contributed by atoms with van der Waals surface area (Å²) in [6.45, 7) is 1.76. The van der Waals surface area contributed by atoms with Crippen molar-refractivity contribution < 1.29 is 9.72 Å². The molecule has 0 aliphatic rings. The monoisotopic (exact) mass is 272 g/mol. The van der Waals surface area contributed by atoms with Crippen LogP contribution in [-0.2, 0) is 0 Å². The Kier molecular flexibility index (Phi) is 3.60. The van der Waals surface area contributed by atoms with Gasteiger partial charge in [-0.15, -0.1) is 0 Å². The Morgan fingerprint density at radius 3 is 2.75 bits per heavy atom. The summed E-state index contributed by atoms with van der Waals surface area (Å²) in [5.41, 5.74) is 6.78. The molecule has 0 saturated heterocycles. The van der Waals surface area contributed by atoms with E-state index < -0.39 is 10.8 Å². The van der Waals surface area contributed by atoms with Gasteiger partial charge in [-0.25, -0.2) is 0 Å². The van der Waals surface area contributed by atoms with Gasteiger partial charge < -0.3 is 11.1 Å². The smallest absolute Gasteiger partial charge is 0.292 e. The zero-order valence-electron chi connectivity index (χ0n) is 10.7. The molecule has 1 amide bonds. The zero-order valence-corrected chi connectivity index (χ0v) is 10.7. The number of aromatic nitrogens is 1. The number of nitro benzene ring substituents is 1. The maximum absolute atomic E-state index is 12.0. The van der Waals surface area contributed by atoms with Gasteiger partial charge in [-0.1, -0.05) is 0 Å². The molecule has 0 aliphatic heterocycles. The second kappa shape index (κ2) is 5.35. The van der Waals surface area contributed by atoms with E-state index >= 15 is 0 Å². The van der Waals surface area contributed by atoms with E-state index in [0.717, 1.165) is 0 Å². The fraction of sp³-hybridized carbons (Fsp3) is 0.0769. The summed E-state index contributed by atoms with van der Waals surface area (Å²) in [6, 6.07) is 7.26. The summed E-state index contributed by atoms with van der Waals surface area (Å²) in [7, 11) is 0. The second-order valence-electron chi connectivity index (χ2n) is 4.12. The minimum absolute atomic E-state index is 0.0504. The van der Waals surface area contributed by atoms with E-state index in [9.17, 15) is 14.9 Å². The van der Waals surface area contributed by atoms with Gasteiger partial charge in [0.15, 0.2) is 0 Å². The first-order valence-corrected chi connectivity index (χ1v) is 5.76. The molecule has 0 aliphatic carbocycles. The number of carbonyl (C=O) groups excluding carboxylic acids is 1. The molecular weight excluding hydrogens is 260 g/mol. The molecule has 7 nitrogen and oxygen atoms in total. The van der Waals surface area contributed by atoms with Gasteiger partial charge in [0, 0.05) is 17.8 Å². The van der Waals surface area contributed by atoms with Crippen molar-refractivity contribution in [3.8, 4) is 0 Å². The predicted octanol–water partition coefficient (Wildman–Crippen LogP) is 2.13. The van der Waals surface area contributed by atoms with Crippen molar-refractivity contribution in [2.45, 2.75) is 6.92 Å². The Labute approximate surface area is 114 Å². The zero-order chi connectivity index (χ0) is 14.7. The lowest BCUT2D eigenvalue weighted by molar-refractivity contribution is -0.383. The van der Waals surface area contributed by atoms with E-state index in [-0.39, 0.29) is 16.9 Å². The van der Waals surface area contributed by atoms with Crippen LogP contribution in [-0.4, -0.2) is 15.8 Å². The van der Waals surface area contributed by atoms with Crippen LogP contribution < -0.4 is 11.1 Å². The molecule has 0 atom stereocenters. The average Bonchev–Trinajstić information content (AvgIpc) is 2.40. The Hall–Kier alpha value is -2.96. The van der Waals surface area contributed by atoms with Gasteiger partial charge in [0.1, 0.15) is 5.69 Å². The highest BCUT2D eigenvalue weighted by atomic mass is 16.6. The predicted molar refractivity (Wildman–Crippen MR) is 74.4 cm³/mol. The van der Waals surface area contributed by atoms with Crippen LogP contribution >= 0.6 is 0 Å². The van der Waals surface area contributed by atoms with Crippen LogP contribution in [0.3, 0.4) is 0 Å². The molecule has 2 rings (SSSR count). The molecule has 1 aromatic carbocycles. The van der Waals surface area contributed by atoms with Gasteiger partial charge in [0.25, 0.3) is 11.6 Å². The Balaban J connectivity index is 2.24. The van der Waals surface area contributed by atoms with Crippen LogP contribution in [0.15, 0.2) is 36.5 Å².